The maximum absolute atomic E-state index is 11.5. The molecule has 7 heteroatoms. The van der Waals surface area contributed by atoms with Crippen LogP contribution in [0.1, 0.15) is 6.92 Å². The highest BCUT2D eigenvalue weighted by molar-refractivity contribution is 5.89. The van der Waals surface area contributed by atoms with Crippen molar-refractivity contribution in [1.29, 1.82) is 0 Å². The Morgan fingerprint density at radius 1 is 1.14 bits per heavy atom. The highest BCUT2D eigenvalue weighted by atomic mass is 16.2. The molecule has 0 bridgehead atoms. The fraction of sp³-hybridized carbons (Fsp3) is 0.133. The first-order valence-corrected chi connectivity index (χ1v) is 6.85. The van der Waals surface area contributed by atoms with E-state index < -0.39 is 0 Å². The molecule has 0 fully saturated rings. The average molecular weight is 294 g/mol. The quantitative estimate of drug-likeness (QED) is 0.772. The van der Waals surface area contributed by atoms with Crippen molar-refractivity contribution >= 4 is 23.0 Å². The van der Waals surface area contributed by atoms with Crippen LogP contribution in [-0.2, 0) is 0 Å². The van der Waals surface area contributed by atoms with Crippen molar-refractivity contribution in [3.63, 3.8) is 0 Å². The van der Waals surface area contributed by atoms with Crippen LogP contribution in [-0.4, -0.2) is 32.5 Å². The zero-order valence-corrected chi connectivity index (χ0v) is 11.9. The molecular weight excluding hydrogens is 280 g/mol. The van der Waals surface area contributed by atoms with E-state index in [1.54, 1.807) is 12.4 Å². The number of carbonyl (C=O) groups excluding carboxylic acids is 1. The molecule has 3 rings (SSSR count). The summed E-state index contributed by atoms with van der Waals surface area (Å²) in [6, 6.07) is 7.16. The topological polar surface area (TPSA) is 92.7 Å². The Labute approximate surface area is 126 Å². The largest absolute Gasteiger partial charge is 0.338 e. The summed E-state index contributed by atoms with van der Waals surface area (Å²) in [5, 5.41) is 5.25. The number of urea groups is 1. The van der Waals surface area contributed by atoms with Gasteiger partial charge in [-0.3, -0.25) is 10.3 Å². The second-order valence-electron chi connectivity index (χ2n) is 4.51. The lowest BCUT2D eigenvalue weighted by Gasteiger charge is -2.06. The number of carbonyl (C=O) groups is 1. The van der Waals surface area contributed by atoms with E-state index in [9.17, 15) is 4.79 Å². The molecule has 110 valence electrons. The summed E-state index contributed by atoms with van der Waals surface area (Å²) in [5.74, 6) is 0.359. The normalized spacial score (nSPS) is 10.4. The maximum atomic E-state index is 11.5. The Bertz CT molecular complexity index is 805. The number of fused-ring (bicyclic) bond motifs is 1. The van der Waals surface area contributed by atoms with Crippen LogP contribution in [0.3, 0.4) is 0 Å². The zero-order valence-electron chi connectivity index (χ0n) is 11.9. The molecule has 3 aromatic rings. The number of pyridine rings is 2. The van der Waals surface area contributed by atoms with Crippen LogP contribution in [0.4, 0.5) is 10.6 Å². The molecule has 0 radical (unpaired) electrons. The Morgan fingerprint density at radius 3 is 2.73 bits per heavy atom. The monoisotopic (exact) mass is 294 g/mol. The molecule has 22 heavy (non-hydrogen) atoms. The molecule has 3 heterocycles. The van der Waals surface area contributed by atoms with Gasteiger partial charge in [-0.15, -0.1) is 0 Å². The third kappa shape index (κ3) is 2.98. The number of hydrogen-bond acceptors (Lipinski definition) is 5. The Hall–Kier alpha value is -3.09. The summed E-state index contributed by atoms with van der Waals surface area (Å²) in [5.41, 5.74) is 2.86. The summed E-state index contributed by atoms with van der Waals surface area (Å²) in [6.07, 6.45) is 4.92. The highest BCUT2D eigenvalue weighted by Crippen LogP contribution is 2.19. The molecule has 0 aliphatic carbocycles. The standard InChI is InChI=1S/C15H14N6O/c1-2-17-15(22)21-13-9-18-12-4-3-11(19-14(12)20-13)10-5-7-16-8-6-10/h3-9H,2H2,1H3,(H2,17,19,20,21,22). The molecule has 0 aliphatic rings. The van der Waals surface area contributed by atoms with Crippen LogP contribution in [0.15, 0.2) is 42.9 Å². The van der Waals surface area contributed by atoms with E-state index in [-0.39, 0.29) is 6.03 Å². The summed E-state index contributed by atoms with van der Waals surface area (Å²) in [4.78, 5) is 28.6. The first kappa shape index (κ1) is 13.9. The van der Waals surface area contributed by atoms with Crippen molar-refractivity contribution in [2.24, 2.45) is 0 Å². The molecule has 0 saturated carbocycles. The number of anilines is 1. The van der Waals surface area contributed by atoms with Gasteiger partial charge in [0.1, 0.15) is 5.52 Å². The number of nitrogens with zero attached hydrogens (tertiary/aromatic N) is 4. The van der Waals surface area contributed by atoms with E-state index >= 15 is 0 Å². The van der Waals surface area contributed by atoms with E-state index in [2.05, 4.69) is 30.6 Å². The molecule has 3 aromatic heterocycles. The second kappa shape index (κ2) is 6.13. The highest BCUT2D eigenvalue weighted by Gasteiger charge is 2.06. The molecule has 0 atom stereocenters. The van der Waals surface area contributed by atoms with Crippen molar-refractivity contribution in [1.82, 2.24) is 25.3 Å². The summed E-state index contributed by atoms with van der Waals surface area (Å²) >= 11 is 0. The molecule has 0 unspecified atom stereocenters. The lowest BCUT2D eigenvalue weighted by Crippen LogP contribution is -2.28. The summed E-state index contributed by atoms with van der Waals surface area (Å²) in [7, 11) is 0. The van der Waals surface area contributed by atoms with E-state index in [1.807, 2.05) is 31.2 Å². The number of amides is 2. The van der Waals surface area contributed by atoms with E-state index in [1.165, 1.54) is 6.20 Å². The molecule has 7 nitrogen and oxygen atoms in total. The van der Waals surface area contributed by atoms with E-state index in [0.717, 1.165) is 11.3 Å². The molecule has 2 N–H and O–H groups in total. The van der Waals surface area contributed by atoms with Gasteiger partial charge in [-0.25, -0.2) is 19.7 Å². The first-order valence-electron chi connectivity index (χ1n) is 6.85. The number of hydrogen-bond donors (Lipinski definition) is 2. The van der Waals surface area contributed by atoms with Crippen molar-refractivity contribution in [2.45, 2.75) is 6.92 Å². The number of rotatable bonds is 3. The van der Waals surface area contributed by atoms with Crippen LogP contribution in [0.5, 0.6) is 0 Å². The van der Waals surface area contributed by atoms with Gasteiger partial charge in [-0.05, 0) is 31.2 Å². The predicted molar refractivity (Wildman–Crippen MR) is 83.3 cm³/mol. The lowest BCUT2D eigenvalue weighted by atomic mass is 10.2. The second-order valence-corrected chi connectivity index (χ2v) is 4.51. The minimum Gasteiger partial charge on any atom is -0.338 e. The Kier molecular flexibility index (Phi) is 3.86. The van der Waals surface area contributed by atoms with E-state index in [4.69, 9.17) is 0 Å². The SMILES string of the molecule is CCNC(=O)Nc1cnc2ccc(-c3ccncc3)nc2n1. The molecule has 0 spiro atoms. The van der Waals surface area contributed by atoms with Gasteiger partial charge in [0.05, 0.1) is 11.9 Å². The molecule has 0 saturated heterocycles. The van der Waals surface area contributed by atoms with Gasteiger partial charge in [-0.1, -0.05) is 0 Å². The van der Waals surface area contributed by atoms with Crippen LogP contribution < -0.4 is 10.6 Å². The van der Waals surface area contributed by atoms with Gasteiger partial charge in [-0.2, -0.15) is 0 Å². The Balaban J connectivity index is 1.94. The Morgan fingerprint density at radius 2 is 1.95 bits per heavy atom. The van der Waals surface area contributed by atoms with Gasteiger partial charge in [0.2, 0.25) is 0 Å². The van der Waals surface area contributed by atoms with Gasteiger partial charge in [0.15, 0.2) is 11.5 Å². The van der Waals surface area contributed by atoms with Gasteiger partial charge in [0, 0.05) is 24.5 Å². The van der Waals surface area contributed by atoms with Gasteiger partial charge < -0.3 is 5.32 Å². The third-order valence-corrected chi connectivity index (χ3v) is 2.96. The summed E-state index contributed by atoms with van der Waals surface area (Å²) in [6.45, 7) is 2.38. The lowest BCUT2D eigenvalue weighted by molar-refractivity contribution is 0.252. The summed E-state index contributed by atoms with van der Waals surface area (Å²) < 4.78 is 0. The third-order valence-electron chi connectivity index (χ3n) is 2.96. The predicted octanol–water partition coefficient (Wildman–Crippen LogP) is 2.23. The minimum atomic E-state index is -0.318. The number of aromatic nitrogens is 4. The number of nitrogens with one attached hydrogen (secondary N) is 2. The van der Waals surface area contributed by atoms with Crippen molar-refractivity contribution < 1.29 is 4.79 Å². The van der Waals surface area contributed by atoms with Crippen LogP contribution in [0, 0.1) is 0 Å². The fourth-order valence-electron chi connectivity index (χ4n) is 1.96. The van der Waals surface area contributed by atoms with Crippen LogP contribution in [0.25, 0.3) is 22.4 Å². The van der Waals surface area contributed by atoms with E-state index in [0.29, 0.717) is 23.5 Å². The fourth-order valence-corrected chi connectivity index (χ4v) is 1.96. The maximum Gasteiger partial charge on any atom is 0.320 e. The molecule has 2 amide bonds. The molecule has 0 aromatic carbocycles. The zero-order chi connectivity index (χ0) is 15.4. The van der Waals surface area contributed by atoms with Gasteiger partial charge >= 0.3 is 6.03 Å². The van der Waals surface area contributed by atoms with Crippen molar-refractivity contribution in [3.8, 4) is 11.3 Å². The molecular formula is C15H14N6O. The van der Waals surface area contributed by atoms with Gasteiger partial charge in [0.25, 0.3) is 0 Å². The smallest absolute Gasteiger partial charge is 0.320 e. The molecule has 0 aliphatic heterocycles. The van der Waals surface area contributed by atoms with Crippen molar-refractivity contribution in [2.75, 3.05) is 11.9 Å². The van der Waals surface area contributed by atoms with Crippen molar-refractivity contribution in [3.05, 3.63) is 42.9 Å². The van der Waals surface area contributed by atoms with Crippen LogP contribution in [0.2, 0.25) is 0 Å². The average Bonchev–Trinajstić information content (AvgIpc) is 2.55. The first-order chi connectivity index (χ1) is 10.8. The van der Waals surface area contributed by atoms with Crippen LogP contribution >= 0.6 is 0 Å². The minimum absolute atomic E-state index is 0.318.